The maximum absolute atomic E-state index is 4.85. The van der Waals surface area contributed by atoms with Gasteiger partial charge in [0.1, 0.15) is 12.7 Å². The van der Waals surface area contributed by atoms with E-state index in [4.69, 9.17) is 4.74 Å². The summed E-state index contributed by atoms with van der Waals surface area (Å²) in [5.41, 5.74) is 0. The lowest BCUT2D eigenvalue weighted by molar-refractivity contribution is 0.321. The SMILES string of the molecule is C=CCOC#CCCCC. The van der Waals surface area contributed by atoms with E-state index in [1.807, 2.05) is 0 Å². The summed E-state index contributed by atoms with van der Waals surface area (Å²) >= 11 is 0. The van der Waals surface area contributed by atoms with E-state index >= 15 is 0 Å². The summed E-state index contributed by atoms with van der Waals surface area (Å²) in [6.45, 7) is 6.17. The molecule has 0 fully saturated rings. The van der Waals surface area contributed by atoms with Crippen molar-refractivity contribution in [3.8, 4) is 12.0 Å². The fourth-order valence-electron chi connectivity index (χ4n) is 0.468. The molecule has 0 spiro atoms. The van der Waals surface area contributed by atoms with E-state index in [1.165, 1.54) is 6.42 Å². The quantitative estimate of drug-likeness (QED) is 0.329. The Balaban J connectivity index is 3.06. The Morgan fingerprint density at radius 3 is 3.00 bits per heavy atom. The average Bonchev–Trinajstić information content (AvgIpc) is 1.97. The number of hydrogen-bond acceptors (Lipinski definition) is 1. The molecule has 0 N–H and O–H groups in total. The molecule has 0 aliphatic carbocycles. The van der Waals surface area contributed by atoms with Crippen LogP contribution in [0.25, 0.3) is 0 Å². The Hall–Kier alpha value is -0.900. The van der Waals surface area contributed by atoms with Crippen molar-refractivity contribution in [2.45, 2.75) is 26.2 Å². The van der Waals surface area contributed by atoms with Gasteiger partial charge in [-0.15, -0.1) is 0 Å². The highest BCUT2D eigenvalue weighted by Gasteiger charge is 1.75. The second-order valence-corrected chi connectivity index (χ2v) is 1.98. The van der Waals surface area contributed by atoms with Crippen molar-refractivity contribution < 1.29 is 4.74 Å². The van der Waals surface area contributed by atoms with Crippen LogP contribution >= 0.6 is 0 Å². The number of ether oxygens (including phenoxy) is 1. The molecule has 0 aromatic heterocycles. The normalized spacial score (nSPS) is 7.70. The summed E-state index contributed by atoms with van der Waals surface area (Å²) in [5.74, 6) is 2.90. The molecule has 0 unspecified atom stereocenters. The molecule has 10 heavy (non-hydrogen) atoms. The van der Waals surface area contributed by atoms with Crippen molar-refractivity contribution >= 4 is 0 Å². The smallest absolute Gasteiger partial charge is 0.118 e. The minimum Gasteiger partial charge on any atom is -0.442 e. The van der Waals surface area contributed by atoms with Crippen LogP contribution in [0.15, 0.2) is 12.7 Å². The molecular formula is C9H14O. The molecule has 56 valence electrons. The molecule has 0 rings (SSSR count). The molecule has 0 saturated heterocycles. The topological polar surface area (TPSA) is 9.23 Å². The highest BCUT2D eigenvalue weighted by Crippen LogP contribution is 1.90. The first kappa shape index (κ1) is 9.10. The van der Waals surface area contributed by atoms with E-state index in [0.29, 0.717) is 6.61 Å². The monoisotopic (exact) mass is 138 g/mol. The van der Waals surface area contributed by atoms with Crippen molar-refractivity contribution in [3.05, 3.63) is 12.7 Å². The van der Waals surface area contributed by atoms with Gasteiger partial charge in [-0.05, 0) is 6.42 Å². The van der Waals surface area contributed by atoms with Crippen LogP contribution in [0.4, 0.5) is 0 Å². The second-order valence-electron chi connectivity index (χ2n) is 1.98. The van der Waals surface area contributed by atoms with Crippen LogP contribution < -0.4 is 0 Å². The number of hydrogen-bond donors (Lipinski definition) is 0. The maximum Gasteiger partial charge on any atom is 0.118 e. The van der Waals surface area contributed by atoms with Gasteiger partial charge in [0.05, 0.1) is 0 Å². The van der Waals surface area contributed by atoms with Crippen LogP contribution in [0, 0.1) is 12.0 Å². The molecule has 0 radical (unpaired) electrons. The predicted octanol–water partition coefficient (Wildman–Crippen LogP) is 2.34. The minimum absolute atomic E-state index is 0.527. The van der Waals surface area contributed by atoms with E-state index in [-0.39, 0.29) is 0 Å². The van der Waals surface area contributed by atoms with E-state index < -0.39 is 0 Å². The Morgan fingerprint density at radius 2 is 2.40 bits per heavy atom. The first-order chi connectivity index (χ1) is 4.91. The van der Waals surface area contributed by atoms with E-state index in [1.54, 1.807) is 6.08 Å². The highest BCUT2D eigenvalue weighted by atomic mass is 16.5. The van der Waals surface area contributed by atoms with Gasteiger partial charge in [-0.3, -0.25) is 0 Å². The van der Waals surface area contributed by atoms with Crippen molar-refractivity contribution in [2.75, 3.05) is 6.61 Å². The summed E-state index contributed by atoms with van der Waals surface area (Å²) in [4.78, 5) is 0. The molecule has 0 atom stereocenters. The van der Waals surface area contributed by atoms with Crippen LogP contribution in [0.3, 0.4) is 0 Å². The Morgan fingerprint density at radius 1 is 1.60 bits per heavy atom. The molecule has 0 aromatic carbocycles. The fourth-order valence-corrected chi connectivity index (χ4v) is 0.468. The fraction of sp³-hybridized carbons (Fsp3) is 0.556. The highest BCUT2D eigenvalue weighted by molar-refractivity contribution is 4.91. The molecule has 0 aliphatic heterocycles. The summed E-state index contributed by atoms with van der Waals surface area (Å²) < 4.78 is 4.85. The first-order valence-electron chi connectivity index (χ1n) is 3.62. The van der Waals surface area contributed by atoms with Crippen molar-refractivity contribution in [1.82, 2.24) is 0 Å². The van der Waals surface area contributed by atoms with Crippen LogP contribution in [-0.4, -0.2) is 6.61 Å². The zero-order chi connectivity index (χ0) is 7.66. The minimum atomic E-state index is 0.527. The van der Waals surface area contributed by atoms with Crippen LogP contribution in [0.1, 0.15) is 26.2 Å². The third kappa shape index (κ3) is 7.10. The molecule has 1 heteroatoms. The third-order valence-electron chi connectivity index (χ3n) is 1.00. The van der Waals surface area contributed by atoms with E-state index in [9.17, 15) is 0 Å². The van der Waals surface area contributed by atoms with Gasteiger partial charge in [0.2, 0.25) is 0 Å². The van der Waals surface area contributed by atoms with Crippen LogP contribution in [0.5, 0.6) is 0 Å². The Kier molecular flexibility index (Phi) is 7.37. The summed E-state index contributed by atoms with van der Waals surface area (Å²) in [5, 5.41) is 0. The molecule has 0 amide bonds. The van der Waals surface area contributed by atoms with Gasteiger partial charge in [-0.25, -0.2) is 0 Å². The van der Waals surface area contributed by atoms with Crippen molar-refractivity contribution in [2.24, 2.45) is 0 Å². The zero-order valence-electron chi connectivity index (χ0n) is 6.52. The van der Waals surface area contributed by atoms with E-state index in [0.717, 1.165) is 12.8 Å². The van der Waals surface area contributed by atoms with Gasteiger partial charge in [0.25, 0.3) is 0 Å². The summed E-state index contributed by atoms with van der Waals surface area (Å²) in [6.07, 6.45) is 7.57. The third-order valence-corrected chi connectivity index (χ3v) is 1.00. The van der Waals surface area contributed by atoms with Gasteiger partial charge in [0, 0.05) is 6.42 Å². The summed E-state index contributed by atoms with van der Waals surface area (Å²) in [7, 11) is 0. The largest absolute Gasteiger partial charge is 0.442 e. The number of rotatable bonds is 4. The van der Waals surface area contributed by atoms with Gasteiger partial charge in [-0.1, -0.05) is 31.9 Å². The van der Waals surface area contributed by atoms with Gasteiger partial charge >= 0.3 is 0 Å². The molecule has 0 saturated carbocycles. The molecule has 0 heterocycles. The van der Waals surface area contributed by atoms with Crippen LogP contribution in [0.2, 0.25) is 0 Å². The second kappa shape index (κ2) is 8.10. The predicted molar refractivity (Wildman–Crippen MR) is 43.5 cm³/mol. The van der Waals surface area contributed by atoms with Crippen LogP contribution in [-0.2, 0) is 4.74 Å². The lowest BCUT2D eigenvalue weighted by Crippen LogP contribution is -1.79. The molecule has 0 aliphatic rings. The molecular weight excluding hydrogens is 124 g/mol. The van der Waals surface area contributed by atoms with Crippen molar-refractivity contribution in [3.63, 3.8) is 0 Å². The Labute approximate surface area is 63.1 Å². The molecule has 1 nitrogen and oxygen atoms in total. The first-order valence-corrected chi connectivity index (χ1v) is 3.62. The summed E-state index contributed by atoms with van der Waals surface area (Å²) in [6, 6.07) is 0. The average molecular weight is 138 g/mol. The lowest BCUT2D eigenvalue weighted by Gasteiger charge is -1.86. The van der Waals surface area contributed by atoms with Gasteiger partial charge in [-0.2, -0.15) is 0 Å². The maximum atomic E-state index is 4.85. The van der Waals surface area contributed by atoms with Gasteiger partial charge < -0.3 is 4.74 Å². The van der Waals surface area contributed by atoms with E-state index in [2.05, 4.69) is 25.5 Å². The zero-order valence-corrected chi connectivity index (χ0v) is 6.52. The van der Waals surface area contributed by atoms with Crippen molar-refractivity contribution in [1.29, 1.82) is 0 Å². The lowest BCUT2D eigenvalue weighted by atomic mass is 10.3. The van der Waals surface area contributed by atoms with Gasteiger partial charge in [0.15, 0.2) is 0 Å². The number of unbranched alkanes of at least 4 members (excludes halogenated alkanes) is 2. The Bertz CT molecular complexity index is 127. The standard InChI is InChI=1S/C9H14O/c1-3-5-6-7-9-10-8-4-2/h4H,2-3,5-6,8H2,1H3. The molecule has 0 aromatic rings. The molecule has 0 bridgehead atoms.